The predicted octanol–water partition coefficient (Wildman–Crippen LogP) is 2.94. The third-order valence-corrected chi connectivity index (χ3v) is 6.16. The number of aromatic nitrogens is 2. The number of rotatable bonds is 13. The lowest BCUT2D eigenvalue weighted by Crippen LogP contribution is -2.26. The van der Waals surface area contributed by atoms with Crippen molar-refractivity contribution in [3.8, 4) is 17.1 Å². The highest BCUT2D eigenvalue weighted by atomic mass is 32.2. The smallest absolute Gasteiger partial charge is 0.303 e. The van der Waals surface area contributed by atoms with E-state index in [0.29, 0.717) is 12.0 Å². The van der Waals surface area contributed by atoms with Crippen molar-refractivity contribution >= 4 is 21.7 Å². The minimum atomic E-state index is -4.13. The van der Waals surface area contributed by atoms with Crippen LogP contribution in [0.3, 0.4) is 0 Å². The van der Waals surface area contributed by atoms with Gasteiger partial charge >= 0.3 is 5.97 Å². The Bertz CT molecular complexity index is 1310. The molecule has 0 aliphatic heterocycles. The summed E-state index contributed by atoms with van der Waals surface area (Å²) in [6, 6.07) is 8.68. The van der Waals surface area contributed by atoms with Gasteiger partial charge in [-0.1, -0.05) is 17.3 Å². The zero-order valence-electron chi connectivity index (χ0n) is 18.2. The molecule has 2 aromatic carbocycles. The highest BCUT2D eigenvalue weighted by molar-refractivity contribution is 7.89. The molecule has 186 valence electrons. The molecule has 3 aromatic rings. The molecule has 0 saturated carbocycles. The topological polar surface area (TPSA) is 175 Å². The minimum Gasteiger partial charge on any atom is -0.493 e. The van der Waals surface area contributed by atoms with Crippen LogP contribution < -0.4 is 9.46 Å². The van der Waals surface area contributed by atoms with Crippen LogP contribution >= 0.6 is 0 Å². The van der Waals surface area contributed by atoms with Gasteiger partial charge in [-0.25, -0.2) is 17.5 Å². The molecule has 0 amide bonds. The van der Waals surface area contributed by atoms with E-state index in [1.54, 1.807) is 0 Å². The van der Waals surface area contributed by atoms with Gasteiger partial charge in [-0.15, -0.1) is 0 Å². The number of nitro benzene ring substituents is 1. The van der Waals surface area contributed by atoms with E-state index >= 15 is 0 Å². The number of benzene rings is 2. The summed E-state index contributed by atoms with van der Waals surface area (Å²) in [6.07, 6.45) is 0.689. The van der Waals surface area contributed by atoms with Crippen LogP contribution in [0.5, 0.6) is 5.75 Å². The van der Waals surface area contributed by atoms with Crippen molar-refractivity contribution < 1.29 is 36.9 Å². The molecule has 1 aromatic heterocycles. The van der Waals surface area contributed by atoms with E-state index in [4.69, 9.17) is 14.4 Å². The number of carboxylic acid groups (broad SMARTS) is 1. The first-order chi connectivity index (χ1) is 16.7. The van der Waals surface area contributed by atoms with Gasteiger partial charge in [-0.3, -0.25) is 14.9 Å². The van der Waals surface area contributed by atoms with Gasteiger partial charge in [-0.2, -0.15) is 4.98 Å². The van der Waals surface area contributed by atoms with Crippen LogP contribution in [0.15, 0.2) is 51.9 Å². The van der Waals surface area contributed by atoms with E-state index in [1.807, 2.05) is 0 Å². The summed E-state index contributed by atoms with van der Waals surface area (Å²) in [7, 11) is -4.13. The molecule has 1 heterocycles. The number of carbonyl (C=O) groups is 1. The fourth-order valence-electron chi connectivity index (χ4n) is 3.03. The van der Waals surface area contributed by atoms with Crippen LogP contribution in [0.25, 0.3) is 11.4 Å². The monoisotopic (exact) mass is 508 g/mol. The van der Waals surface area contributed by atoms with Crippen LogP contribution in [0.4, 0.5) is 10.1 Å². The molecule has 3 rings (SSSR count). The Balaban J connectivity index is 1.59. The number of hydrogen-bond donors (Lipinski definition) is 2. The van der Waals surface area contributed by atoms with E-state index in [-0.39, 0.29) is 49.9 Å². The maximum Gasteiger partial charge on any atom is 0.303 e. The normalized spacial score (nSPS) is 11.3. The molecule has 0 saturated heterocycles. The van der Waals surface area contributed by atoms with Crippen molar-refractivity contribution in [1.82, 2.24) is 14.9 Å². The first kappa shape index (κ1) is 25.7. The third kappa shape index (κ3) is 7.04. The number of aliphatic carboxylic acids is 1. The Morgan fingerprint density at radius 2 is 2.00 bits per heavy atom. The van der Waals surface area contributed by atoms with Crippen LogP contribution in [0.1, 0.15) is 25.2 Å². The Hall–Kier alpha value is -3.91. The van der Waals surface area contributed by atoms with Gasteiger partial charge in [0, 0.05) is 31.5 Å². The van der Waals surface area contributed by atoms with E-state index in [1.165, 1.54) is 24.3 Å². The molecular formula is C21H21FN4O8S. The number of halogens is 1. The quantitative estimate of drug-likeness (QED) is 0.198. The molecular weight excluding hydrogens is 487 g/mol. The van der Waals surface area contributed by atoms with E-state index < -0.39 is 37.3 Å². The first-order valence-corrected chi connectivity index (χ1v) is 11.9. The number of nitrogens with one attached hydrogen (secondary N) is 1. The number of aryl methyl sites for hydroxylation is 1. The second-order valence-electron chi connectivity index (χ2n) is 7.22. The average molecular weight is 508 g/mol. The fourth-order valence-corrected chi connectivity index (χ4v) is 4.27. The molecule has 0 atom stereocenters. The van der Waals surface area contributed by atoms with E-state index in [0.717, 1.165) is 18.2 Å². The number of sulfonamides is 1. The lowest BCUT2D eigenvalue weighted by molar-refractivity contribution is -0.387. The maximum absolute atomic E-state index is 13.8. The molecule has 0 aliphatic rings. The standard InChI is InChI=1S/C21H21FN4O8S/c22-14-9-10-15(21-24-19(34-25-21)7-3-8-20(27)28)17(13-14)33-12-4-11-23-35(31,32)18-6-2-1-5-16(18)26(29)30/h1-2,5-6,9-10,13,23H,3-4,7-8,11-12H2,(H,27,28). The van der Waals surface area contributed by atoms with Gasteiger partial charge < -0.3 is 14.4 Å². The number of ether oxygens (including phenoxy) is 1. The molecule has 35 heavy (non-hydrogen) atoms. The molecule has 0 unspecified atom stereocenters. The summed E-state index contributed by atoms with van der Waals surface area (Å²) < 4.78 is 51.6. The first-order valence-electron chi connectivity index (χ1n) is 10.4. The second-order valence-corrected chi connectivity index (χ2v) is 8.96. The van der Waals surface area contributed by atoms with Gasteiger partial charge in [0.15, 0.2) is 4.90 Å². The van der Waals surface area contributed by atoms with Crippen LogP contribution in [0.2, 0.25) is 0 Å². The SMILES string of the molecule is O=C(O)CCCc1nc(-c2ccc(F)cc2OCCCNS(=O)(=O)c2ccccc2[N+](=O)[O-])no1. The highest BCUT2D eigenvalue weighted by Crippen LogP contribution is 2.29. The molecule has 12 nitrogen and oxygen atoms in total. The number of carboxylic acids is 1. The fraction of sp³-hybridized carbons (Fsp3) is 0.286. The van der Waals surface area contributed by atoms with Crippen molar-refractivity contribution in [2.75, 3.05) is 13.2 Å². The highest BCUT2D eigenvalue weighted by Gasteiger charge is 2.24. The Morgan fingerprint density at radius 3 is 2.74 bits per heavy atom. The van der Waals surface area contributed by atoms with Crippen molar-refractivity contribution in [1.29, 1.82) is 0 Å². The average Bonchev–Trinajstić information content (AvgIpc) is 3.27. The van der Waals surface area contributed by atoms with Gasteiger partial charge in [-0.05, 0) is 31.0 Å². The Labute approximate surface area is 198 Å². The molecule has 0 spiro atoms. The maximum atomic E-state index is 13.8. The molecule has 0 fully saturated rings. The van der Waals surface area contributed by atoms with Gasteiger partial charge in [0.2, 0.25) is 21.7 Å². The zero-order valence-corrected chi connectivity index (χ0v) is 19.0. The largest absolute Gasteiger partial charge is 0.493 e. The summed E-state index contributed by atoms with van der Waals surface area (Å²) in [5.41, 5.74) is -0.205. The van der Waals surface area contributed by atoms with E-state index in [9.17, 15) is 27.7 Å². The molecule has 0 aliphatic carbocycles. The summed E-state index contributed by atoms with van der Waals surface area (Å²) in [5.74, 6) is -1.07. The molecule has 14 heteroatoms. The second kappa shape index (κ2) is 11.5. The zero-order chi connectivity index (χ0) is 25.4. The number of para-hydroxylation sites is 1. The van der Waals surface area contributed by atoms with Gasteiger partial charge in [0.1, 0.15) is 11.6 Å². The van der Waals surface area contributed by atoms with E-state index in [2.05, 4.69) is 14.9 Å². The summed E-state index contributed by atoms with van der Waals surface area (Å²) in [6.45, 7) is -0.103. The van der Waals surface area contributed by atoms with Crippen molar-refractivity contribution in [2.24, 2.45) is 0 Å². The van der Waals surface area contributed by atoms with Gasteiger partial charge in [0.25, 0.3) is 5.69 Å². The molecule has 2 N–H and O–H groups in total. The summed E-state index contributed by atoms with van der Waals surface area (Å²) in [5, 5.41) is 23.6. The predicted molar refractivity (Wildman–Crippen MR) is 119 cm³/mol. The van der Waals surface area contributed by atoms with Crippen molar-refractivity contribution in [3.63, 3.8) is 0 Å². The molecule has 0 bridgehead atoms. The number of nitrogens with zero attached hydrogens (tertiary/aromatic N) is 3. The minimum absolute atomic E-state index is 0.0147. The lowest BCUT2D eigenvalue weighted by Gasteiger charge is -2.10. The number of nitro groups is 1. The summed E-state index contributed by atoms with van der Waals surface area (Å²) >= 11 is 0. The Morgan fingerprint density at radius 1 is 1.23 bits per heavy atom. The lowest BCUT2D eigenvalue weighted by atomic mass is 10.2. The number of hydrogen-bond acceptors (Lipinski definition) is 9. The van der Waals surface area contributed by atoms with Crippen LogP contribution in [0, 0.1) is 15.9 Å². The Kier molecular flexibility index (Phi) is 8.43. The van der Waals surface area contributed by atoms with Crippen molar-refractivity contribution in [3.05, 3.63) is 64.3 Å². The van der Waals surface area contributed by atoms with Crippen LogP contribution in [-0.4, -0.2) is 47.7 Å². The summed E-state index contributed by atoms with van der Waals surface area (Å²) in [4.78, 5) is 24.7. The van der Waals surface area contributed by atoms with Crippen molar-refractivity contribution in [2.45, 2.75) is 30.6 Å². The third-order valence-electron chi connectivity index (χ3n) is 4.66. The molecule has 0 radical (unpaired) electrons. The van der Waals surface area contributed by atoms with Gasteiger partial charge in [0.05, 0.1) is 17.1 Å². The van der Waals surface area contributed by atoms with Crippen LogP contribution in [-0.2, 0) is 21.2 Å².